The molecule has 0 aliphatic heterocycles. The third kappa shape index (κ3) is 3.47. The minimum Gasteiger partial charge on any atom is -0.292 e. The molecule has 2 aromatic carbocycles. The average molecular weight is 288 g/mol. The van der Waals surface area contributed by atoms with Gasteiger partial charge >= 0.3 is 0 Å². The maximum atomic E-state index is 12.4. The third-order valence-corrected chi connectivity index (χ3v) is 3.85. The molecule has 2 rings (SSSR count). The number of rotatable bonds is 5. The zero-order chi connectivity index (χ0) is 14.5. The number of hydrogen-bond donors (Lipinski definition) is 0. The van der Waals surface area contributed by atoms with Crippen LogP contribution in [0.4, 0.5) is 0 Å². The lowest BCUT2D eigenvalue weighted by molar-refractivity contribution is 0.0862. The highest BCUT2D eigenvalue weighted by atomic mass is 35.5. The maximum Gasteiger partial charge on any atom is 0.179 e. The first-order chi connectivity index (χ1) is 9.59. The lowest BCUT2D eigenvalue weighted by atomic mass is 10.0. The molecule has 0 aliphatic rings. The van der Waals surface area contributed by atoms with E-state index in [0.29, 0.717) is 6.54 Å². The molecule has 0 amide bonds. The van der Waals surface area contributed by atoms with Gasteiger partial charge in [0.1, 0.15) is 0 Å². The van der Waals surface area contributed by atoms with E-state index in [0.717, 1.165) is 16.1 Å². The van der Waals surface area contributed by atoms with Crippen LogP contribution in [0.3, 0.4) is 0 Å². The Morgan fingerprint density at radius 3 is 2.35 bits per heavy atom. The van der Waals surface area contributed by atoms with Gasteiger partial charge in [-0.2, -0.15) is 0 Å². The number of hydrogen-bond acceptors (Lipinski definition) is 2. The predicted molar refractivity (Wildman–Crippen MR) is 83.2 cm³/mol. The van der Waals surface area contributed by atoms with E-state index >= 15 is 0 Å². The van der Waals surface area contributed by atoms with Crippen LogP contribution in [0.1, 0.15) is 22.8 Å². The van der Waals surface area contributed by atoms with Crippen LogP contribution in [-0.2, 0) is 6.54 Å². The van der Waals surface area contributed by atoms with Gasteiger partial charge in [0.25, 0.3) is 0 Å². The normalized spacial score (nSPS) is 12.4. The van der Waals surface area contributed by atoms with Crippen molar-refractivity contribution in [3.05, 3.63) is 70.7 Å². The van der Waals surface area contributed by atoms with Crippen molar-refractivity contribution in [3.63, 3.8) is 0 Å². The van der Waals surface area contributed by atoms with Crippen molar-refractivity contribution in [2.24, 2.45) is 0 Å². The van der Waals surface area contributed by atoms with E-state index in [4.69, 9.17) is 11.6 Å². The predicted octanol–water partition coefficient (Wildman–Crippen LogP) is 4.04. The van der Waals surface area contributed by atoms with Crippen LogP contribution in [-0.4, -0.2) is 23.8 Å². The summed E-state index contributed by atoms with van der Waals surface area (Å²) < 4.78 is 0. The SMILES string of the molecule is C[C@H](C(=O)c1ccccc1)N(C)Cc1ccccc1Cl. The van der Waals surface area contributed by atoms with Gasteiger partial charge in [0.2, 0.25) is 0 Å². The van der Waals surface area contributed by atoms with Crippen LogP contribution in [0.2, 0.25) is 5.02 Å². The molecule has 0 unspecified atom stereocenters. The van der Waals surface area contributed by atoms with Crippen molar-refractivity contribution in [1.82, 2.24) is 4.90 Å². The fourth-order valence-electron chi connectivity index (χ4n) is 2.08. The first kappa shape index (κ1) is 14.8. The molecule has 0 aliphatic carbocycles. The van der Waals surface area contributed by atoms with Gasteiger partial charge in [0.15, 0.2) is 5.78 Å². The van der Waals surface area contributed by atoms with Gasteiger partial charge in [-0.3, -0.25) is 9.69 Å². The summed E-state index contributed by atoms with van der Waals surface area (Å²) in [7, 11) is 1.94. The fourth-order valence-corrected chi connectivity index (χ4v) is 2.27. The van der Waals surface area contributed by atoms with Crippen LogP contribution in [0, 0.1) is 0 Å². The minimum absolute atomic E-state index is 0.125. The zero-order valence-electron chi connectivity index (χ0n) is 11.7. The van der Waals surface area contributed by atoms with E-state index in [2.05, 4.69) is 0 Å². The molecule has 0 heterocycles. The van der Waals surface area contributed by atoms with Crippen LogP contribution in [0.15, 0.2) is 54.6 Å². The van der Waals surface area contributed by atoms with Gasteiger partial charge in [-0.25, -0.2) is 0 Å². The summed E-state index contributed by atoms with van der Waals surface area (Å²) in [5, 5.41) is 0.735. The second-order valence-corrected chi connectivity index (χ2v) is 5.32. The quantitative estimate of drug-likeness (QED) is 0.774. The molecular weight excluding hydrogens is 270 g/mol. The van der Waals surface area contributed by atoms with Gasteiger partial charge in [-0.05, 0) is 25.6 Å². The van der Waals surface area contributed by atoms with Crippen LogP contribution >= 0.6 is 11.6 Å². The van der Waals surface area contributed by atoms with Gasteiger partial charge in [0, 0.05) is 17.1 Å². The van der Waals surface area contributed by atoms with E-state index < -0.39 is 0 Å². The van der Waals surface area contributed by atoms with Crippen molar-refractivity contribution in [2.45, 2.75) is 19.5 Å². The summed E-state index contributed by atoms with van der Waals surface area (Å²) in [6.45, 7) is 2.57. The van der Waals surface area contributed by atoms with Gasteiger partial charge in [-0.1, -0.05) is 60.1 Å². The fraction of sp³-hybridized carbons (Fsp3) is 0.235. The van der Waals surface area contributed by atoms with Crippen LogP contribution in [0.25, 0.3) is 0 Å². The van der Waals surface area contributed by atoms with Crippen molar-refractivity contribution < 1.29 is 4.79 Å². The van der Waals surface area contributed by atoms with Gasteiger partial charge in [0.05, 0.1) is 6.04 Å². The molecule has 0 spiro atoms. The summed E-state index contributed by atoms with van der Waals surface area (Å²) in [6.07, 6.45) is 0. The lowest BCUT2D eigenvalue weighted by Gasteiger charge is -2.24. The molecule has 0 saturated carbocycles. The van der Waals surface area contributed by atoms with Crippen molar-refractivity contribution in [3.8, 4) is 0 Å². The van der Waals surface area contributed by atoms with E-state index in [1.165, 1.54) is 0 Å². The molecule has 20 heavy (non-hydrogen) atoms. The number of benzene rings is 2. The van der Waals surface area contributed by atoms with E-state index in [-0.39, 0.29) is 11.8 Å². The Morgan fingerprint density at radius 1 is 1.10 bits per heavy atom. The molecule has 104 valence electrons. The number of likely N-dealkylation sites (N-methyl/N-ethyl adjacent to an activating group) is 1. The Bertz CT molecular complexity index is 583. The first-order valence-corrected chi connectivity index (χ1v) is 7.00. The number of Topliss-reactive ketones (excluding diaryl/α,β-unsaturated/α-hetero) is 1. The topological polar surface area (TPSA) is 20.3 Å². The highest BCUT2D eigenvalue weighted by Gasteiger charge is 2.19. The number of halogens is 1. The smallest absolute Gasteiger partial charge is 0.179 e. The average Bonchev–Trinajstić information content (AvgIpc) is 2.49. The summed E-state index contributed by atoms with van der Waals surface area (Å²) >= 11 is 6.16. The number of carbonyl (C=O) groups is 1. The Balaban J connectivity index is 2.08. The van der Waals surface area contributed by atoms with Gasteiger partial charge in [-0.15, -0.1) is 0 Å². The number of carbonyl (C=O) groups excluding carboxylic acids is 1. The molecule has 1 atom stereocenters. The lowest BCUT2D eigenvalue weighted by Crippen LogP contribution is -2.35. The summed E-state index contributed by atoms with van der Waals surface area (Å²) in [5.74, 6) is 0.125. The molecular formula is C17H18ClNO. The second-order valence-electron chi connectivity index (χ2n) is 4.91. The summed E-state index contributed by atoms with van der Waals surface area (Å²) in [4.78, 5) is 14.4. The molecule has 0 fully saturated rings. The molecule has 2 aromatic rings. The van der Waals surface area contributed by atoms with Crippen LogP contribution in [0.5, 0.6) is 0 Å². The number of nitrogens with zero attached hydrogens (tertiary/aromatic N) is 1. The molecule has 2 nitrogen and oxygen atoms in total. The molecule has 0 bridgehead atoms. The maximum absolute atomic E-state index is 12.4. The second kappa shape index (κ2) is 6.69. The number of ketones is 1. The largest absolute Gasteiger partial charge is 0.292 e. The van der Waals surface area contributed by atoms with Gasteiger partial charge < -0.3 is 0 Å². The molecule has 0 N–H and O–H groups in total. The Hall–Kier alpha value is -1.64. The first-order valence-electron chi connectivity index (χ1n) is 6.62. The minimum atomic E-state index is -0.186. The Kier molecular flexibility index (Phi) is 4.94. The van der Waals surface area contributed by atoms with Crippen molar-refractivity contribution in [1.29, 1.82) is 0 Å². The Labute approximate surface area is 125 Å². The van der Waals surface area contributed by atoms with E-state index in [1.807, 2.05) is 73.5 Å². The summed E-state index contributed by atoms with van der Waals surface area (Å²) in [6, 6.07) is 16.9. The summed E-state index contributed by atoms with van der Waals surface area (Å²) in [5.41, 5.74) is 1.77. The molecule has 0 radical (unpaired) electrons. The highest BCUT2D eigenvalue weighted by molar-refractivity contribution is 6.31. The molecule has 3 heteroatoms. The molecule has 0 saturated heterocycles. The van der Waals surface area contributed by atoms with E-state index in [9.17, 15) is 4.79 Å². The molecule has 0 aromatic heterocycles. The van der Waals surface area contributed by atoms with Crippen molar-refractivity contribution >= 4 is 17.4 Å². The highest BCUT2D eigenvalue weighted by Crippen LogP contribution is 2.18. The Morgan fingerprint density at radius 2 is 1.70 bits per heavy atom. The monoisotopic (exact) mass is 287 g/mol. The van der Waals surface area contributed by atoms with Crippen molar-refractivity contribution in [2.75, 3.05) is 7.05 Å². The van der Waals surface area contributed by atoms with E-state index in [1.54, 1.807) is 0 Å². The zero-order valence-corrected chi connectivity index (χ0v) is 12.5. The standard InChI is InChI=1S/C17H18ClNO/c1-13(17(20)14-8-4-3-5-9-14)19(2)12-15-10-6-7-11-16(15)18/h3-11,13H,12H2,1-2H3/t13-/m1/s1. The van der Waals surface area contributed by atoms with Crippen LogP contribution < -0.4 is 0 Å². The third-order valence-electron chi connectivity index (χ3n) is 3.48.